The Kier molecular flexibility index (Phi) is 4.31. The second-order valence-corrected chi connectivity index (χ2v) is 4.66. The number of ether oxygens (including phenoxy) is 1. The minimum absolute atomic E-state index is 0.0239. The molecule has 0 aliphatic carbocycles. The highest BCUT2D eigenvalue weighted by molar-refractivity contribution is 6.28. The number of aryl methyl sites for hydroxylation is 1. The maximum Gasteiger partial charge on any atom is 0.322 e. The first-order valence-electron chi connectivity index (χ1n) is 6.21. The highest BCUT2D eigenvalue weighted by Gasteiger charge is 2.12. The lowest BCUT2D eigenvalue weighted by Gasteiger charge is -2.10. The fourth-order valence-corrected chi connectivity index (χ4v) is 1.77. The largest absolute Gasteiger partial charge is 0.461 e. The Labute approximate surface area is 116 Å². The Bertz CT molecular complexity index is 555. The van der Waals surface area contributed by atoms with Crippen molar-refractivity contribution >= 4 is 11.6 Å². The maximum atomic E-state index is 5.90. The van der Waals surface area contributed by atoms with Gasteiger partial charge in [0.2, 0.25) is 11.2 Å². The number of aromatic nitrogens is 5. The summed E-state index contributed by atoms with van der Waals surface area (Å²) in [5.74, 6) is 1.32. The van der Waals surface area contributed by atoms with E-state index in [0.29, 0.717) is 5.95 Å². The van der Waals surface area contributed by atoms with Crippen molar-refractivity contribution in [2.75, 3.05) is 0 Å². The van der Waals surface area contributed by atoms with Crippen LogP contribution in [0.4, 0.5) is 0 Å². The lowest BCUT2D eigenvalue weighted by atomic mass is 10.3. The monoisotopic (exact) mass is 281 g/mol. The van der Waals surface area contributed by atoms with Crippen LogP contribution in [-0.4, -0.2) is 30.6 Å². The molecule has 0 aliphatic heterocycles. The number of hydrogen-bond donors (Lipinski definition) is 0. The van der Waals surface area contributed by atoms with Crippen LogP contribution >= 0.6 is 11.6 Å². The molecule has 102 valence electrons. The van der Waals surface area contributed by atoms with Crippen LogP contribution in [0.25, 0.3) is 5.95 Å². The SMILES string of the molecule is CCCc1nccn1-c1nc(Cl)nc(OC(C)C)n1. The molecule has 0 N–H and O–H groups in total. The van der Waals surface area contributed by atoms with Crippen LogP contribution in [0.5, 0.6) is 6.01 Å². The van der Waals surface area contributed by atoms with Gasteiger partial charge in [0.25, 0.3) is 0 Å². The molecule has 0 amide bonds. The summed E-state index contributed by atoms with van der Waals surface area (Å²) in [6, 6.07) is 0.223. The van der Waals surface area contributed by atoms with Crippen LogP contribution in [0.2, 0.25) is 5.28 Å². The predicted octanol–water partition coefficient (Wildman–Crippen LogP) is 2.45. The smallest absolute Gasteiger partial charge is 0.322 e. The Balaban J connectivity index is 2.38. The number of hydrogen-bond acceptors (Lipinski definition) is 5. The van der Waals surface area contributed by atoms with E-state index in [2.05, 4.69) is 26.9 Å². The molecule has 19 heavy (non-hydrogen) atoms. The Morgan fingerprint density at radius 2 is 2.11 bits per heavy atom. The maximum absolute atomic E-state index is 5.90. The zero-order valence-corrected chi connectivity index (χ0v) is 11.9. The summed E-state index contributed by atoms with van der Waals surface area (Å²) in [6.45, 7) is 5.89. The third kappa shape index (κ3) is 3.41. The Morgan fingerprint density at radius 1 is 1.32 bits per heavy atom. The van der Waals surface area contributed by atoms with E-state index >= 15 is 0 Å². The second-order valence-electron chi connectivity index (χ2n) is 4.32. The van der Waals surface area contributed by atoms with E-state index in [1.165, 1.54) is 0 Å². The zero-order chi connectivity index (χ0) is 13.8. The molecule has 0 spiro atoms. The quantitative estimate of drug-likeness (QED) is 0.842. The summed E-state index contributed by atoms with van der Waals surface area (Å²) in [6.07, 6.45) is 5.33. The van der Waals surface area contributed by atoms with Gasteiger partial charge in [0.1, 0.15) is 5.82 Å². The molecule has 2 aromatic rings. The average Bonchev–Trinajstić information content (AvgIpc) is 2.76. The van der Waals surface area contributed by atoms with Crippen LogP contribution in [0, 0.1) is 0 Å². The number of nitrogens with zero attached hydrogens (tertiary/aromatic N) is 5. The first kappa shape index (κ1) is 13.7. The van der Waals surface area contributed by atoms with Crippen molar-refractivity contribution in [3.63, 3.8) is 0 Å². The van der Waals surface area contributed by atoms with Gasteiger partial charge in [0.15, 0.2) is 0 Å². The molecule has 0 atom stereocenters. The number of halogens is 1. The van der Waals surface area contributed by atoms with Crippen LogP contribution < -0.4 is 4.74 Å². The van der Waals surface area contributed by atoms with E-state index in [1.54, 1.807) is 17.0 Å². The van der Waals surface area contributed by atoms with E-state index < -0.39 is 0 Å². The minimum Gasteiger partial charge on any atom is -0.461 e. The third-order valence-corrected chi connectivity index (χ3v) is 2.49. The van der Waals surface area contributed by atoms with Crippen molar-refractivity contribution in [1.82, 2.24) is 24.5 Å². The summed E-state index contributed by atoms with van der Waals surface area (Å²) < 4.78 is 7.25. The van der Waals surface area contributed by atoms with Crippen molar-refractivity contribution in [3.8, 4) is 12.0 Å². The Morgan fingerprint density at radius 3 is 2.79 bits per heavy atom. The molecular formula is C12H16ClN5O. The summed E-state index contributed by atoms with van der Waals surface area (Å²) >= 11 is 5.90. The molecule has 2 aromatic heterocycles. The highest BCUT2D eigenvalue weighted by Crippen LogP contribution is 2.14. The molecule has 0 aromatic carbocycles. The van der Waals surface area contributed by atoms with E-state index in [4.69, 9.17) is 16.3 Å². The molecule has 0 saturated heterocycles. The van der Waals surface area contributed by atoms with Gasteiger partial charge in [-0.25, -0.2) is 4.98 Å². The van der Waals surface area contributed by atoms with Gasteiger partial charge in [-0.1, -0.05) is 6.92 Å². The molecule has 0 aliphatic rings. The first-order valence-corrected chi connectivity index (χ1v) is 6.58. The van der Waals surface area contributed by atoms with Crippen molar-refractivity contribution in [2.45, 2.75) is 39.7 Å². The van der Waals surface area contributed by atoms with Crippen molar-refractivity contribution < 1.29 is 4.74 Å². The molecule has 0 fully saturated rings. The van der Waals surface area contributed by atoms with E-state index in [-0.39, 0.29) is 17.4 Å². The summed E-state index contributed by atoms with van der Waals surface area (Å²) in [4.78, 5) is 16.6. The fourth-order valence-electron chi connectivity index (χ4n) is 1.62. The fraction of sp³-hybridized carbons (Fsp3) is 0.500. The minimum atomic E-state index is -0.0239. The van der Waals surface area contributed by atoms with Crippen LogP contribution in [-0.2, 0) is 6.42 Å². The first-order chi connectivity index (χ1) is 9.10. The molecular weight excluding hydrogens is 266 g/mol. The topological polar surface area (TPSA) is 65.7 Å². The molecule has 6 nitrogen and oxygen atoms in total. The second kappa shape index (κ2) is 5.97. The Hall–Kier alpha value is -1.69. The molecule has 0 radical (unpaired) electrons. The van der Waals surface area contributed by atoms with Crippen molar-refractivity contribution in [3.05, 3.63) is 23.5 Å². The molecule has 2 heterocycles. The summed E-state index contributed by atoms with van der Waals surface area (Å²) in [5.41, 5.74) is 0. The van der Waals surface area contributed by atoms with Crippen LogP contribution in [0.3, 0.4) is 0 Å². The molecule has 0 bridgehead atoms. The van der Waals surface area contributed by atoms with Gasteiger partial charge in [0.05, 0.1) is 6.10 Å². The molecule has 7 heteroatoms. The zero-order valence-electron chi connectivity index (χ0n) is 11.2. The molecule has 0 unspecified atom stereocenters. The van der Waals surface area contributed by atoms with Gasteiger partial charge in [-0.2, -0.15) is 15.0 Å². The predicted molar refractivity (Wildman–Crippen MR) is 71.7 cm³/mol. The molecule has 2 rings (SSSR count). The highest BCUT2D eigenvalue weighted by atomic mass is 35.5. The average molecular weight is 282 g/mol. The lowest BCUT2D eigenvalue weighted by Crippen LogP contribution is -2.12. The van der Waals surface area contributed by atoms with Gasteiger partial charge >= 0.3 is 6.01 Å². The van der Waals surface area contributed by atoms with E-state index in [1.807, 2.05) is 13.8 Å². The van der Waals surface area contributed by atoms with Gasteiger partial charge in [0, 0.05) is 18.8 Å². The number of imidazole rings is 1. The third-order valence-electron chi connectivity index (χ3n) is 2.32. The van der Waals surface area contributed by atoms with Crippen LogP contribution in [0.15, 0.2) is 12.4 Å². The van der Waals surface area contributed by atoms with Gasteiger partial charge < -0.3 is 4.74 Å². The van der Waals surface area contributed by atoms with E-state index in [0.717, 1.165) is 18.7 Å². The molecule has 0 saturated carbocycles. The summed E-state index contributed by atoms with van der Waals surface area (Å²) in [5, 5.41) is 0.108. The standard InChI is InChI=1S/C12H16ClN5O/c1-4-5-9-14-6-7-18(9)11-15-10(13)16-12(17-11)19-8(2)3/h6-8H,4-5H2,1-3H3. The summed E-state index contributed by atoms with van der Waals surface area (Å²) in [7, 11) is 0. The van der Waals surface area contributed by atoms with Crippen molar-refractivity contribution in [2.24, 2.45) is 0 Å². The van der Waals surface area contributed by atoms with Gasteiger partial charge in [-0.3, -0.25) is 4.57 Å². The number of rotatable bonds is 5. The van der Waals surface area contributed by atoms with Crippen LogP contribution in [0.1, 0.15) is 33.0 Å². The van der Waals surface area contributed by atoms with Gasteiger partial charge in [-0.05, 0) is 31.9 Å². The lowest BCUT2D eigenvalue weighted by molar-refractivity contribution is 0.221. The normalized spacial score (nSPS) is 11.0. The van der Waals surface area contributed by atoms with Crippen molar-refractivity contribution in [1.29, 1.82) is 0 Å². The van der Waals surface area contributed by atoms with E-state index in [9.17, 15) is 0 Å². The van der Waals surface area contributed by atoms with Gasteiger partial charge in [-0.15, -0.1) is 0 Å².